The molecule has 0 amide bonds. The van der Waals surface area contributed by atoms with Crippen LogP contribution in [0.25, 0.3) is 0 Å². The molecule has 2 nitrogen and oxygen atoms in total. The van der Waals surface area contributed by atoms with Gasteiger partial charge in [-0.3, -0.25) is 0 Å². The molecule has 3 rings (SSSR count). The zero-order valence-electron chi connectivity index (χ0n) is 36.9. The summed E-state index contributed by atoms with van der Waals surface area (Å²) in [6.45, 7) is 9.36. The lowest BCUT2D eigenvalue weighted by Gasteiger charge is -2.51. The Morgan fingerprint density at radius 2 is 0.691 bits per heavy atom. The molecule has 0 aromatic heterocycles. The minimum atomic E-state index is -0.0660. The number of hydrogen-bond acceptors (Lipinski definition) is 2. The molecule has 2 aromatic rings. The summed E-state index contributed by atoms with van der Waals surface area (Å²) in [5, 5.41) is 0. The summed E-state index contributed by atoms with van der Waals surface area (Å²) < 4.78 is 0. The Labute approximate surface area is 343 Å². The van der Waals surface area contributed by atoms with Gasteiger partial charge in [0.1, 0.15) is 5.66 Å². The minimum Gasteiger partial charge on any atom is -0.353 e. The normalized spacial score (nSPS) is 14.3. The average Bonchev–Trinajstić information content (AvgIpc) is 3.54. The van der Waals surface area contributed by atoms with Crippen LogP contribution in [0.1, 0.15) is 237 Å². The average molecular weight is 755 g/mol. The largest absolute Gasteiger partial charge is 0.353 e. The van der Waals surface area contributed by atoms with Gasteiger partial charge in [-0.05, 0) is 30.4 Å². The van der Waals surface area contributed by atoms with Gasteiger partial charge in [-0.25, -0.2) is 0 Å². The van der Waals surface area contributed by atoms with E-state index in [4.69, 9.17) is 0 Å². The summed E-state index contributed by atoms with van der Waals surface area (Å²) in [5.74, 6) is 0.441. The Balaban J connectivity index is 1.48. The van der Waals surface area contributed by atoms with Crippen LogP contribution < -0.4 is 0 Å². The summed E-state index contributed by atoms with van der Waals surface area (Å²) in [6.07, 6.45) is 49.7. The molecule has 2 aromatic carbocycles. The summed E-state index contributed by atoms with van der Waals surface area (Å²) in [7, 11) is 0. The van der Waals surface area contributed by atoms with E-state index in [0.29, 0.717) is 5.92 Å². The van der Waals surface area contributed by atoms with E-state index in [0.717, 1.165) is 25.9 Å². The molecule has 0 N–H and O–H groups in total. The molecule has 1 aliphatic rings. The quantitative estimate of drug-likeness (QED) is 0.0634. The van der Waals surface area contributed by atoms with E-state index in [1.165, 1.54) is 204 Å². The topological polar surface area (TPSA) is 6.48 Å². The van der Waals surface area contributed by atoms with Crippen LogP contribution in [0, 0.1) is 0 Å². The van der Waals surface area contributed by atoms with Crippen molar-refractivity contribution in [3.05, 3.63) is 84.2 Å². The van der Waals surface area contributed by atoms with Crippen LogP contribution in [0.3, 0.4) is 0 Å². The van der Waals surface area contributed by atoms with Crippen molar-refractivity contribution in [1.82, 2.24) is 9.80 Å². The highest BCUT2D eigenvalue weighted by molar-refractivity contribution is 5.30. The molecule has 0 aliphatic carbocycles. The number of unbranched alkanes of at least 4 members (excludes halogenated alkanes) is 28. The first kappa shape index (κ1) is 47.2. The molecule has 0 saturated heterocycles. The Kier molecular flexibility index (Phi) is 27.3. The monoisotopic (exact) mass is 755 g/mol. The third-order valence-corrected chi connectivity index (χ3v) is 12.9. The van der Waals surface area contributed by atoms with E-state index in [9.17, 15) is 0 Å². The molecule has 0 saturated carbocycles. The molecule has 1 atom stereocenters. The molecular weight excluding hydrogens is 665 g/mol. The highest BCUT2D eigenvalue weighted by atomic mass is 15.4. The molecule has 1 heterocycles. The number of hydrogen-bond donors (Lipinski definition) is 0. The second-order valence-corrected chi connectivity index (χ2v) is 17.5. The highest BCUT2D eigenvalue weighted by Gasteiger charge is 2.49. The number of rotatable bonds is 37. The van der Waals surface area contributed by atoms with E-state index in [-0.39, 0.29) is 5.66 Å². The molecule has 0 fully saturated rings. The Bertz CT molecular complexity index is 1100. The predicted octanol–water partition coefficient (Wildman–Crippen LogP) is 17.0. The molecule has 0 radical (unpaired) electrons. The summed E-state index contributed by atoms with van der Waals surface area (Å²) in [5.41, 5.74) is 2.89. The van der Waals surface area contributed by atoms with Crippen molar-refractivity contribution >= 4 is 0 Å². The Morgan fingerprint density at radius 1 is 0.382 bits per heavy atom. The van der Waals surface area contributed by atoms with E-state index < -0.39 is 0 Å². The van der Waals surface area contributed by atoms with Crippen LogP contribution >= 0.6 is 0 Å². The van der Waals surface area contributed by atoms with E-state index in [2.05, 4.69) is 104 Å². The minimum absolute atomic E-state index is 0.0660. The van der Waals surface area contributed by atoms with Crippen LogP contribution in [0.15, 0.2) is 73.1 Å². The second kappa shape index (κ2) is 31.8. The first-order chi connectivity index (χ1) is 27.3. The maximum atomic E-state index is 2.80. The highest BCUT2D eigenvalue weighted by Crippen LogP contribution is 2.45. The van der Waals surface area contributed by atoms with E-state index >= 15 is 0 Å². The van der Waals surface area contributed by atoms with Gasteiger partial charge in [0.25, 0.3) is 0 Å². The van der Waals surface area contributed by atoms with Crippen molar-refractivity contribution in [3.8, 4) is 0 Å². The third-order valence-electron chi connectivity index (χ3n) is 12.9. The maximum Gasteiger partial charge on any atom is 0.123 e. The fourth-order valence-corrected chi connectivity index (χ4v) is 9.57. The zero-order valence-corrected chi connectivity index (χ0v) is 36.9. The maximum absolute atomic E-state index is 2.80. The van der Waals surface area contributed by atoms with Crippen molar-refractivity contribution < 1.29 is 0 Å². The lowest BCUT2D eigenvalue weighted by molar-refractivity contribution is -0.00378. The van der Waals surface area contributed by atoms with Gasteiger partial charge in [-0.2, -0.15) is 0 Å². The first-order valence-corrected chi connectivity index (χ1v) is 24.6. The number of nitrogens with zero attached hydrogens (tertiary/aromatic N) is 2. The SMILES string of the molecule is CCCCCCCCCCCCCCCCCN1C=CN(CCCCCCCCCCCCCCCCC)C1(Cc1ccccc1)C(CC)c1ccccc1. The lowest BCUT2D eigenvalue weighted by Crippen LogP contribution is -2.59. The van der Waals surface area contributed by atoms with Gasteiger partial charge in [-0.15, -0.1) is 0 Å². The van der Waals surface area contributed by atoms with Crippen LogP contribution in [0.2, 0.25) is 0 Å². The van der Waals surface area contributed by atoms with Gasteiger partial charge < -0.3 is 9.80 Å². The summed E-state index contributed by atoms with van der Waals surface area (Å²) in [6, 6.07) is 22.9. The lowest BCUT2D eigenvalue weighted by atomic mass is 9.78. The fourth-order valence-electron chi connectivity index (χ4n) is 9.57. The molecular formula is C53H90N2. The van der Waals surface area contributed by atoms with Crippen LogP contribution in [-0.2, 0) is 6.42 Å². The van der Waals surface area contributed by atoms with Crippen molar-refractivity contribution in [1.29, 1.82) is 0 Å². The predicted molar refractivity (Wildman–Crippen MR) is 245 cm³/mol. The molecule has 1 unspecified atom stereocenters. The molecule has 55 heavy (non-hydrogen) atoms. The van der Waals surface area contributed by atoms with Gasteiger partial charge >= 0.3 is 0 Å². The van der Waals surface area contributed by atoms with Crippen molar-refractivity contribution in [2.75, 3.05) is 13.1 Å². The van der Waals surface area contributed by atoms with Gasteiger partial charge in [0.2, 0.25) is 0 Å². The van der Waals surface area contributed by atoms with E-state index in [1.54, 1.807) is 0 Å². The zero-order chi connectivity index (χ0) is 38.9. The molecule has 312 valence electrons. The van der Waals surface area contributed by atoms with Crippen molar-refractivity contribution in [2.45, 2.75) is 238 Å². The summed E-state index contributed by atoms with van der Waals surface area (Å²) in [4.78, 5) is 5.60. The molecule has 2 heteroatoms. The second-order valence-electron chi connectivity index (χ2n) is 17.5. The number of benzene rings is 2. The van der Waals surface area contributed by atoms with Crippen LogP contribution in [0.5, 0.6) is 0 Å². The Morgan fingerprint density at radius 3 is 1.02 bits per heavy atom. The molecule has 1 aliphatic heterocycles. The van der Waals surface area contributed by atoms with Gasteiger partial charge in [0, 0.05) is 37.8 Å². The Hall–Kier alpha value is -2.22. The van der Waals surface area contributed by atoms with Crippen molar-refractivity contribution in [3.63, 3.8) is 0 Å². The van der Waals surface area contributed by atoms with E-state index in [1.807, 2.05) is 0 Å². The van der Waals surface area contributed by atoms with Gasteiger partial charge in [0.15, 0.2) is 0 Å². The standard InChI is InChI=1S/C53H90N2/c1-4-7-9-11-13-15-17-19-21-23-25-27-29-31-39-45-54-47-48-55(46-40-32-30-28-26-24-22-20-18-16-14-12-10-8-5-2)53(54,49-50-41-35-33-36-42-50)52(6-3)51-43-37-34-38-44-51/h33-38,41-44,47-48,52H,4-32,39-40,45-46,49H2,1-3H3. The van der Waals surface area contributed by atoms with Gasteiger partial charge in [-0.1, -0.05) is 261 Å². The smallest absolute Gasteiger partial charge is 0.123 e. The van der Waals surface area contributed by atoms with Crippen LogP contribution in [0.4, 0.5) is 0 Å². The van der Waals surface area contributed by atoms with Crippen molar-refractivity contribution in [2.24, 2.45) is 0 Å². The molecule has 0 bridgehead atoms. The van der Waals surface area contributed by atoms with Gasteiger partial charge in [0.05, 0.1) is 0 Å². The molecule has 0 spiro atoms. The summed E-state index contributed by atoms with van der Waals surface area (Å²) >= 11 is 0. The third kappa shape index (κ3) is 19.2. The van der Waals surface area contributed by atoms with Crippen LogP contribution in [-0.4, -0.2) is 28.6 Å². The first-order valence-electron chi connectivity index (χ1n) is 24.6. The fraction of sp³-hybridized carbons (Fsp3) is 0.736.